The third-order valence-corrected chi connectivity index (χ3v) is 2.35. The second-order valence-electron chi connectivity index (χ2n) is 4.00. The zero-order chi connectivity index (χ0) is 15.1. The first-order valence-corrected chi connectivity index (χ1v) is 5.77. The van der Waals surface area contributed by atoms with E-state index in [2.05, 4.69) is 20.4 Å². The fourth-order valence-corrected chi connectivity index (χ4v) is 1.33. The summed E-state index contributed by atoms with van der Waals surface area (Å²) in [6.07, 6.45) is 0. The summed E-state index contributed by atoms with van der Waals surface area (Å²) in [4.78, 5) is 0. The van der Waals surface area contributed by atoms with Crippen LogP contribution in [0.2, 0.25) is 0 Å². The summed E-state index contributed by atoms with van der Waals surface area (Å²) in [5.74, 6) is -0.164. The molecule has 0 aromatic heterocycles. The van der Waals surface area contributed by atoms with Crippen molar-refractivity contribution in [3.8, 4) is 0 Å². The van der Waals surface area contributed by atoms with Gasteiger partial charge in [0.25, 0.3) is 0 Å². The standard InChI is InChI=1S/C12H18N8/c1-7(17-19-11(13)14)9-3-5-10(6-4-9)8(2)18-20-12(15)16/h3-6H,1-2H3,(H4,13,14,19)(H4,15,16,20)/b17-7-,18-8+. The molecule has 8 nitrogen and oxygen atoms in total. The predicted molar refractivity (Wildman–Crippen MR) is 82.5 cm³/mol. The number of rotatable bonds is 4. The Hall–Kier alpha value is -2.90. The van der Waals surface area contributed by atoms with Crippen molar-refractivity contribution in [1.82, 2.24) is 0 Å². The maximum absolute atomic E-state index is 5.21. The summed E-state index contributed by atoms with van der Waals surface area (Å²) < 4.78 is 0. The monoisotopic (exact) mass is 274 g/mol. The van der Waals surface area contributed by atoms with Gasteiger partial charge in [-0.2, -0.15) is 10.2 Å². The van der Waals surface area contributed by atoms with Crippen LogP contribution in [0.15, 0.2) is 44.7 Å². The molecule has 0 spiro atoms. The summed E-state index contributed by atoms with van der Waals surface area (Å²) in [6.45, 7) is 3.61. The molecule has 0 atom stereocenters. The van der Waals surface area contributed by atoms with Gasteiger partial charge in [0.15, 0.2) is 0 Å². The fraction of sp³-hybridized carbons (Fsp3) is 0.167. The zero-order valence-corrected chi connectivity index (χ0v) is 11.4. The molecule has 0 fully saturated rings. The van der Waals surface area contributed by atoms with Crippen LogP contribution in [0.4, 0.5) is 0 Å². The van der Waals surface area contributed by atoms with Gasteiger partial charge in [0.1, 0.15) is 0 Å². The van der Waals surface area contributed by atoms with E-state index in [9.17, 15) is 0 Å². The van der Waals surface area contributed by atoms with Crippen molar-refractivity contribution >= 4 is 23.3 Å². The van der Waals surface area contributed by atoms with Gasteiger partial charge in [-0.15, -0.1) is 10.2 Å². The van der Waals surface area contributed by atoms with E-state index in [1.165, 1.54) is 0 Å². The molecule has 0 aliphatic carbocycles. The van der Waals surface area contributed by atoms with Crippen LogP contribution >= 0.6 is 0 Å². The molecule has 106 valence electrons. The van der Waals surface area contributed by atoms with Crippen LogP contribution in [0.3, 0.4) is 0 Å². The SMILES string of the molecule is C/C(=N/N=C(N)N)c1ccc(/C(C)=N/N=C(N)N)cc1. The Labute approximate surface area is 117 Å². The minimum Gasteiger partial charge on any atom is -0.369 e. The van der Waals surface area contributed by atoms with Crippen molar-refractivity contribution in [1.29, 1.82) is 0 Å². The van der Waals surface area contributed by atoms with Crippen LogP contribution in [-0.4, -0.2) is 23.3 Å². The number of hydrogen-bond acceptors (Lipinski definition) is 4. The molecule has 1 aromatic rings. The highest BCUT2D eigenvalue weighted by atomic mass is 15.3. The summed E-state index contributed by atoms with van der Waals surface area (Å²) >= 11 is 0. The van der Waals surface area contributed by atoms with Crippen LogP contribution in [0.1, 0.15) is 25.0 Å². The molecule has 0 saturated heterocycles. The van der Waals surface area contributed by atoms with E-state index >= 15 is 0 Å². The highest BCUT2D eigenvalue weighted by molar-refractivity contribution is 6.02. The van der Waals surface area contributed by atoms with Gasteiger partial charge in [-0.3, -0.25) is 0 Å². The first-order chi connectivity index (χ1) is 9.40. The molecule has 0 bridgehead atoms. The zero-order valence-electron chi connectivity index (χ0n) is 11.4. The molecule has 1 rings (SSSR count). The second kappa shape index (κ2) is 6.88. The second-order valence-corrected chi connectivity index (χ2v) is 4.00. The summed E-state index contributed by atoms with van der Waals surface area (Å²) in [5.41, 5.74) is 24.0. The third-order valence-electron chi connectivity index (χ3n) is 2.35. The van der Waals surface area contributed by atoms with Gasteiger partial charge < -0.3 is 22.9 Å². The largest absolute Gasteiger partial charge is 0.369 e. The molecule has 8 heteroatoms. The Balaban J connectivity index is 2.95. The first-order valence-electron chi connectivity index (χ1n) is 5.77. The molecule has 0 unspecified atom stereocenters. The molecule has 0 aliphatic rings. The predicted octanol–water partition coefficient (Wildman–Crippen LogP) is -0.319. The quantitative estimate of drug-likeness (QED) is 0.337. The van der Waals surface area contributed by atoms with Gasteiger partial charge in [-0.25, -0.2) is 0 Å². The number of nitrogens with two attached hydrogens (primary N) is 4. The minimum absolute atomic E-state index is 0.0822. The normalized spacial score (nSPS) is 11.9. The van der Waals surface area contributed by atoms with Gasteiger partial charge in [-0.05, 0) is 25.0 Å². The fourth-order valence-electron chi connectivity index (χ4n) is 1.33. The van der Waals surface area contributed by atoms with Crippen molar-refractivity contribution < 1.29 is 0 Å². The van der Waals surface area contributed by atoms with E-state index in [1.54, 1.807) is 0 Å². The molecule has 8 N–H and O–H groups in total. The third kappa shape index (κ3) is 4.77. The molecule has 0 amide bonds. The van der Waals surface area contributed by atoms with Gasteiger partial charge in [0, 0.05) is 0 Å². The molecule has 0 radical (unpaired) electrons. The first kappa shape index (κ1) is 15.2. The molecular weight excluding hydrogens is 256 g/mol. The average Bonchev–Trinajstić information content (AvgIpc) is 2.42. The van der Waals surface area contributed by atoms with E-state index < -0.39 is 0 Å². The van der Waals surface area contributed by atoms with Gasteiger partial charge in [0.05, 0.1) is 11.4 Å². The molecule has 0 saturated carbocycles. The van der Waals surface area contributed by atoms with Crippen molar-refractivity contribution in [3.63, 3.8) is 0 Å². The number of nitrogens with zero attached hydrogens (tertiary/aromatic N) is 4. The lowest BCUT2D eigenvalue weighted by Gasteiger charge is -2.02. The minimum atomic E-state index is -0.0822. The van der Waals surface area contributed by atoms with E-state index in [1.807, 2.05) is 38.1 Å². The molecule has 0 aliphatic heterocycles. The molecular formula is C12H18N8. The van der Waals surface area contributed by atoms with Crippen LogP contribution in [0.25, 0.3) is 0 Å². The summed E-state index contributed by atoms with van der Waals surface area (Å²) in [7, 11) is 0. The molecule has 1 aromatic carbocycles. The van der Waals surface area contributed by atoms with Gasteiger partial charge in [0.2, 0.25) is 11.9 Å². The topological polar surface area (TPSA) is 154 Å². The van der Waals surface area contributed by atoms with Crippen LogP contribution < -0.4 is 22.9 Å². The molecule has 0 heterocycles. The number of guanidine groups is 2. The highest BCUT2D eigenvalue weighted by Gasteiger charge is 2.00. The Morgan fingerprint density at radius 1 is 0.650 bits per heavy atom. The summed E-state index contributed by atoms with van der Waals surface area (Å²) in [6, 6.07) is 7.52. The lowest BCUT2D eigenvalue weighted by atomic mass is 10.1. The maximum Gasteiger partial charge on any atom is 0.211 e. The smallest absolute Gasteiger partial charge is 0.211 e. The van der Waals surface area contributed by atoms with E-state index in [4.69, 9.17) is 22.9 Å². The van der Waals surface area contributed by atoms with Gasteiger partial charge in [-0.1, -0.05) is 24.3 Å². The van der Waals surface area contributed by atoms with Gasteiger partial charge >= 0.3 is 0 Å². The number of benzene rings is 1. The van der Waals surface area contributed by atoms with Crippen molar-refractivity contribution in [2.75, 3.05) is 0 Å². The average molecular weight is 274 g/mol. The lowest BCUT2D eigenvalue weighted by molar-refractivity contribution is 1.19. The Kier molecular flexibility index (Phi) is 5.21. The Morgan fingerprint density at radius 3 is 1.20 bits per heavy atom. The van der Waals surface area contributed by atoms with Crippen LogP contribution in [0.5, 0.6) is 0 Å². The molecule has 20 heavy (non-hydrogen) atoms. The Morgan fingerprint density at radius 2 is 0.950 bits per heavy atom. The highest BCUT2D eigenvalue weighted by Crippen LogP contribution is 2.07. The van der Waals surface area contributed by atoms with Crippen LogP contribution in [-0.2, 0) is 0 Å². The van der Waals surface area contributed by atoms with Crippen LogP contribution in [0, 0.1) is 0 Å². The van der Waals surface area contributed by atoms with E-state index in [-0.39, 0.29) is 11.9 Å². The van der Waals surface area contributed by atoms with Crippen molar-refractivity contribution in [2.45, 2.75) is 13.8 Å². The number of hydrogen-bond donors (Lipinski definition) is 4. The Bertz CT molecular complexity index is 519. The van der Waals surface area contributed by atoms with E-state index in [0.29, 0.717) is 11.4 Å². The van der Waals surface area contributed by atoms with E-state index in [0.717, 1.165) is 11.1 Å². The van der Waals surface area contributed by atoms with Crippen molar-refractivity contribution in [2.24, 2.45) is 43.3 Å². The lowest BCUT2D eigenvalue weighted by Crippen LogP contribution is -2.22. The maximum atomic E-state index is 5.21. The van der Waals surface area contributed by atoms with Crippen molar-refractivity contribution in [3.05, 3.63) is 35.4 Å². The summed E-state index contributed by atoms with van der Waals surface area (Å²) in [5, 5.41) is 15.0.